The normalized spacial score (nSPS) is 17.4. The van der Waals surface area contributed by atoms with Gasteiger partial charge in [-0.3, -0.25) is 0 Å². The van der Waals surface area contributed by atoms with Gasteiger partial charge >= 0.3 is 11.9 Å². The van der Waals surface area contributed by atoms with E-state index in [1.807, 2.05) is 0 Å². The maximum absolute atomic E-state index is 10.3. The second kappa shape index (κ2) is 6.04. The molecule has 6 nitrogen and oxygen atoms in total. The lowest BCUT2D eigenvalue weighted by molar-refractivity contribution is -0.132. The van der Waals surface area contributed by atoms with Gasteiger partial charge in [0.2, 0.25) is 0 Å². The summed E-state index contributed by atoms with van der Waals surface area (Å²) >= 11 is 0. The molecule has 0 aromatic rings. The highest BCUT2D eigenvalue weighted by Crippen LogP contribution is 2.20. The number of carbonyl (C=O) groups is 2. The number of aliphatic hydroxyl groups excluding tert-OH is 1. The number of carboxylic acids is 2. The summed E-state index contributed by atoms with van der Waals surface area (Å²) in [6.07, 6.45) is 3.24. The van der Waals surface area contributed by atoms with Crippen LogP contribution in [-0.2, 0) is 9.59 Å². The number of hydrogen-bond acceptors (Lipinski definition) is 4. The molecular formula is C10H14O6. The molecule has 0 aliphatic rings. The quantitative estimate of drug-likeness (QED) is 0.463. The molecule has 0 amide bonds. The van der Waals surface area contributed by atoms with Gasteiger partial charge in [0.25, 0.3) is 0 Å². The second-order valence-corrected chi connectivity index (χ2v) is 3.31. The van der Waals surface area contributed by atoms with E-state index in [2.05, 4.69) is 0 Å². The van der Waals surface area contributed by atoms with E-state index in [1.165, 1.54) is 6.92 Å². The molecule has 1 atom stereocenters. The Kier molecular flexibility index (Phi) is 5.41. The van der Waals surface area contributed by atoms with Crippen LogP contribution in [0, 0.1) is 5.92 Å². The number of carboxylic acid groups (broad SMARTS) is 2. The maximum atomic E-state index is 10.3. The van der Waals surface area contributed by atoms with E-state index in [0.717, 1.165) is 12.2 Å². The highest BCUT2D eigenvalue weighted by molar-refractivity contribution is 5.81. The average Bonchev–Trinajstić information content (AvgIpc) is 2.22. The van der Waals surface area contributed by atoms with Crippen LogP contribution in [0.1, 0.15) is 6.92 Å². The molecule has 90 valence electrons. The molecule has 0 bridgehead atoms. The van der Waals surface area contributed by atoms with Gasteiger partial charge in [-0.25, -0.2) is 9.59 Å². The number of aliphatic hydroxyl groups is 2. The summed E-state index contributed by atoms with van der Waals surface area (Å²) in [6.45, 7) is 1.04. The molecule has 4 N–H and O–H groups in total. The van der Waals surface area contributed by atoms with Crippen LogP contribution in [-0.4, -0.2) is 44.6 Å². The highest BCUT2D eigenvalue weighted by atomic mass is 16.4. The Morgan fingerprint density at radius 3 is 1.81 bits per heavy atom. The molecule has 0 heterocycles. The molecule has 0 saturated carbocycles. The third kappa shape index (κ3) is 4.72. The summed E-state index contributed by atoms with van der Waals surface area (Å²) in [4.78, 5) is 20.6. The van der Waals surface area contributed by atoms with Gasteiger partial charge in [-0.2, -0.15) is 0 Å². The van der Waals surface area contributed by atoms with Crippen molar-refractivity contribution in [3.8, 4) is 0 Å². The zero-order valence-electron chi connectivity index (χ0n) is 8.70. The molecule has 6 heteroatoms. The topological polar surface area (TPSA) is 115 Å². The maximum Gasteiger partial charge on any atom is 0.328 e. The fourth-order valence-electron chi connectivity index (χ4n) is 0.940. The Hall–Kier alpha value is -1.66. The summed E-state index contributed by atoms with van der Waals surface area (Å²) in [6, 6.07) is 0. The highest BCUT2D eigenvalue weighted by Gasteiger charge is 2.28. The second-order valence-electron chi connectivity index (χ2n) is 3.31. The Morgan fingerprint density at radius 1 is 1.19 bits per heavy atom. The van der Waals surface area contributed by atoms with Gasteiger partial charge in [0, 0.05) is 24.7 Å². The van der Waals surface area contributed by atoms with Crippen LogP contribution in [0.5, 0.6) is 0 Å². The Bertz CT molecular complexity index is 293. The van der Waals surface area contributed by atoms with Crippen molar-refractivity contribution in [1.29, 1.82) is 0 Å². The van der Waals surface area contributed by atoms with Crippen LogP contribution in [0.3, 0.4) is 0 Å². The molecule has 0 rings (SSSR count). The van der Waals surface area contributed by atoms with Crippen molar-refractivity contribution in [1.82, 2.24) is 0 Å². The van der Waals surface area contributed by atoms with Gasteiger partial charge in [-0.1, -0.05) is 6.92 Å². The van der Waals surface area contributed by atoms with Gasteiger partial charge in [0.15, 0.2) is 0 Å². The van der Waals surface area contributed by atoms with Crippen molar-refractivity contribution >= 4 is 11.9 Å². The standard InChI is InChI=1S/C10H14O6/c1-7(6-11)10(16,4-2-8(12)13)5-3-9(14)15/h2-5,7,11,16H,6H2,1H3,(H,12,13)(H,14,15). The monoisotopic (exact) mass is 230 g/mol. The van der Waals surface area contributed by atoms with Crippen LogP contribution >= 0.6 is 0 Å². The molecule has 0 aromatic carbocycles. The van der Waals surface area contributed by atoms with Crippen molar-refractivity contribution < 1.29 is 30.0 Å². The summed E-state index contributed by atoms with van der Waals surface area (Å²) in [5, 5.41) is 35.6. The minimum absolute atomic E-state index is 0.412. The van der Waals surface area contributed by atoms with Gasteiger partial charge in [0.1, 0.15) is 5.60 Å². The van der Waals surface area contributed by atoms with E-state index in [1.54, 1.807) is 0 Å². The summed E-state index contributed by atoms with van der Waals surface area (Å²) in [5.41, 5.74) is -1.80. The fraction of sp³-hybridized carbons (Fsp3) is 0.400. The predicted molar refractivity (Wildman–Crippen MR) is 54.8 cm³/mol. The van der Waals surface area contributed by atoms with Crippen LogP contribution in [0.2, 0.25) is 0 Å². The molecule has 0 fully saturated rings. The summed E-state index contributed by atoms with van der Waals surface area (Å²) in [7, 11) is 0. The van der Waals surface area contributed by atoms with E-state index in [9.17, 15) is 14.7 Å². The molecule has 0 radical (unpaired) electrons. The van der Waals surface area contributed by atoms with Crippen LogP contribution < -0.4 is 0 Å². The number of aliphatic carboxylic acids is 2. The van der Waals surface area contributed by atoms with E-state index in [-0.39, 0.29) is 0 Å². The van der Waals surface area contributed by atoms with Gasteiger partial charge < -0.3 is 20.4 Å². The first kappa shape index (κ1) is 14.3. The predicted octanol–water partition coefficient (Wildman–Crippen LogP) is -0.373. The van der Waals surface area contributed by atoms with Gasteiger partial charge in [-0.05, 0) is 12.2 Å². The largest absolute Gasteiger partial charge is 0.478 e. The fourth-order valence-corrected chi connectivity index (χ4v) is 0.940. The lowest BCUT2D eigenvalue weighted by atomic mass is 9.88. The average molecular weight is 230 g/mol. The first-order valence-corrected chi connectivity index (χ1v) is 4.49. The minimum atomic E-state index is -1.80. The molecule has 1 unspecified atom stereocenters. The Morgan fingerprint density at radius 2 is 1.56 bits per heavy atom. The lowest BCUT2D eigenvalue weighted by Crippen LogP contribution is -2.34. The van der Waals surface area contributed by atoms with Gasteiger partial charge in [0.05, 0.1) is 0 Å². The van der Waals surface area contributed by atoms with Crippen molar-refractivity contribution in [3.05, 3.63) is 24.3 Å². The van der Waals surface area contributed by atoms with E-state index in [0.29, 0.717) is 12.2 Å². The molecule has 0 saturated heterocycles. The molecular weight excluding hydrogens is 216 g/mol. The number of hydrogen-bond donors (Lipinski definition) is 4. The summed E-state index contributed by atoms with van der Waals surface area (Å²) < 4.78 is 0. The Labute approximate surface area is 92.1 Å². The smallest absolute Gasteiger partial charge is 0.328 e. The van der Waals surface area contributed by atoms with Crippen LogP contribution in [0.15, 0.2) is 24.3 Å². The third-order valence-electron chi connectivity index (χ3n) is 2.05. The van der Waals surface area contributed by atoms with E-state index >= 15 is 0 Å². The van der Waals surface area contributed by atoms with E-state index < -0.39 is 30.1 Å². The molecule has 16 heavy (non-hydrogen) atoms. The SMILES string of the molecule is CC(CO)C(O)(C=CC(=O)O)C=CC(=O)O. The van der Waals surface area contributed by atoms with Gasteiger partial charge in [-0.15, -0.1) is 0 Å². The Balaban J connectivity index is 5.02. The zero-order chi connectivity index (χ0) is 12.8. The zero-order valence-corrected chi connectivity index (χ0v) is 8.70. The minimum Gasteiger partial charge on any atom is -0.478 e. The summed E-state index contributed by atoms with van der Waals surface area (Å²) in [5.74, 6) is -3.27. The molecule has 0 aliphatic carbocycles. The van der Waals surface area contributed by atoms with Crippen molar-refractivity contribution in [3.63, 3.8) is 0 Å². The number of rotatable bonds is 6. The lowest BCUT2D eigenvalue weighted by Gasteiger charge is -2.26. The third-order valence-corrected chi connectivity index (χ3v) is 2.05. The van der Waals surface area contributed by atoms with Crippen molar-refractivity contribution in [2.75, 3.05) is 6.61 Å². The van der Waals surface area contributed by atoms with E-state index in [4.69, 9.17) is 15.3 Å². The van der Waals surface area contributed by atoms with Crippen molar-refractivity contribution in [2.45, 2.75) is 12.5 Å². The first-order chi connectivity index (χ1) is 7.31. The van der Waals surface area contributed by atoms with Crippen LogP contribution in [0.25, 0.3) is 0 Å². The molecule has 0 aliphatic heterocycles. The van der Waals surface area contributed by atoms with Crippen LogP contribution in [0.4, 0.5) is 0 Å². The van der Waals surface area contributed by atoms with Crippen molar-refractivity contribution in [2.24, 2.45) is 5.92 Å². The first-order valence-electron chi connectivity index (χ1n) is 4.49. The molecule has 0 spiro atoms. The molecule has 0 aromatic heterocycles.